The second-order valence-electron chi connectivity index (χ2n) is 2.58. The third-order valence-electron chi connectivity index (χ3n) is 1.55. The van der Waals surface area contributed by atoms with E-state index >= 15 is 0 Å². The van der Waals surface area contributed by atoms with Gasteiger partial charge in [0.05, 0.1) is 0 Å². The number of hydrogen-bond donors (Lipinski definition) is 2. The van der Waals surface area contributed by atoms with E-state index in [1.807, 2.05) is 6.92 Å². The van der Waals surface area contributed by atoms with Crippen molar-refractivity contribution in [1.82, 2.24) is 5.32 Å². The third-order valence-corrected chi connectivity index (χ3v) is 1.55. The van der Waals surface area contributed by atoms with E-state index in [9.17, 15) is 4.79 Å². The molecule has 72 valence electrons. The molecule has 0 amide bonds. The predicted molar refractivity (Wildman–Crippen MR) is 46.2 cm³/mol. The highest BCUT2D eigenvalue weighted by Crippen LogP contribution is 1.93. The lowest BCUT2D eigenvalue weighted by Gasteiger charge is -2.10. The van der Waals surface area contributed by atoms with Gasteiger partial charge in [0, 0.05) is 13.2 Å². The zero-order chi connectivity index (χ0) is 9.40. The molecule has 0 bridgehead atoms. The van der Waals surface area contributed by atoms with E-state index in [0.717, 1.165) is 6.42 Å². The summed E-state index contributed by atoms with van der Waals surface area (Å²) < 4.78 is 5.16. The van der Waals surface area contributed by atoms with Crippen LogP contribution in [0.4, 0.5) is 0 Å². The Morgan fingerprint density at radius 3 is 2.67 bits per heavy atom. The van der Waals surface area contributed by atoms with Gasteiger partial charge < -0.3 is 15.2 Å². The number of carboxylic acids is 1. The molecule has 0 saturated heterocycles. The summed E-state index contributed by atoms with van der Waals surface area (Å²) in [6, 6.07) is -0.484. The van der Waals surface area contributed by atoms with Crippen LogP contribution in [0.1, 0.15) is 19.8 Å². The minimum absolute atomic E-state index is 0.484. The van der Waals surface area contributed by atoms with Gasteiger partial charge in [0.25, 0.3) is 0 Å². The van der Waals surface area contributed by atoms with Gasteiger partial charge >= 0.3 is 5.97 Å². The Bertz CT molecular complexity index is 127. The van der Waals surface area contributed by atoms with E-state index in [-0.39, 0.29) is 0 Å². The topological polar surface area (TPSA) is 58.6 Å². The number of aliphatic carboxylic acids is 1. The average molecular weight is 175 g/mol. The minimum Gasteiger partial charge on any atom is -0.480 e. The van der Waals surface area contributed by atoms with Crippen LogP contribution in [0.15, 0.2) is 0 Å². The van der Waals surface area contributed by atoms with Crippen LogP contribution >= 0.6 is 0 Å². The molecule has 4 heteroatoms. The first-order valence-corrected chi connectivity index (χ1v) is 4.20. The monoisotopic (exact) mass is 175 g/mol. The van der Waals surface area contributed by atoms with E-state index in [0.29, 0.717) is 19.6 Å². The van der Waals surface area contributed by atoms with Gasteiger partial charge in [-0.05, 0) is 19.9 Å². The summed E-state index contributed by atoms with van der Waals surface area (Å²) in [5.41, 5.74) is 0. The summed E-state index contributed by atoms with van der Waals surface area (Å²) >= 11 is 0. The van der Waals surface area contributed by atoms with Gasteiger partial charge in [0.1, 0.15) is 6.04 Å². The largest absolute Gasteiger partial charge is 0.480 e. The molecule has 0 rings (SSSR count). The smallest absolute Gasteiger partial charge is 0.320 e. The summed E-state index contributed by atoms with van der Waals surface area (Å²) in [6.45, 7) is 3.23. The lowest BCUT2D eigenvalue weighted by molar-refractivity contribution is -0.139. The number of carboxylic acid groups (broad SMARTS) is 1. The van der Waals surface area contributed by atoms with Crippen LogP contribution in [0.2, 0.25) is 0 Å². The number of ether oxygens (including phenoxy) is 1. The molecular formula is C8H17NO3. The van der Waals surface area contributed by atoms with E-state index in [4.69, 9.17) is 9.84 Å². The van der Waals surface area contributed by atoms with Gasteiger partial charge in [-0.3, -0.25) is 4.79 Å². The van der Waals surface area contributed by atoms with Gasteiger partial charge in [0.2, 0.25) is 0 Å². The summed E-state index contributed by atoms with van der Waals surface area (Å²) in [4.78, 5) is 10.5. The van der Waals surface area contributed by atoms with Gasteiger partial charge in [-0.2, -0.15) is 0 Å². The zero-order valence-electron chi connectivity index (χ0n) is 7.67. The first-order valence-electron chi connectivity index (χ1n) is 4.20. The van der Waals surface area contributed by atoms with E-state index < -0.39 is 12.0 Å². The van der Waals surface area contributed by atoms with Crippen LogP contribution in [0.3, 0.4) is 0 Å². The first kappa shape index (κ1) is 11.4. The number of rotatable bonds is 7. The predicted octanol–water partition coefficient (Wildman–Crippen LogP) is 0.476. The van der Waals surface area contributed by atoms with Crippen LogP contribution in [-0.4, -0.2) is 37.4 Å². The van der Waals surface area contributed by atoms with Crippen LogP contribution in [0.5, 0.6) is 0 Å². The van der Waals surface area contributed by atoms with E-state index in [2.05, 4.69) is 5.32 Å². The maximum absolute atomic E-state index is 10.5. The molecule has 0 radical (unpaired) electrons. The molecule has 0 aliphatic rings. The van der Waals surface area contributed by atoms with Crippen molar-refractivity contribution in [2.45, 2.75) is 25.8 Å². The first-order chi connectivity index (χ1) is 5.72. The standard InChI is InChI=1S/C8H17NO3/c1-3-5-12-6-4-7(9-2)8(10)11/h7,9H,3-6H2,1-2H3,(H,10,11)/t7-/m0/s1. The molecule has 0 aromatic carbocycles. The average Bonchev–Trinajstić information content (AvgIpc) is 2.04. The van der Waals surface area contributed by atoms with E-state index in [1.54, 1.807) is 7.05 Å². The van der Waals surface area contributed by atoms with Gasteiger partial charge in [-0.25, -0.2) is 0 Å². The summed E-state index contributed by atoms with van der Waals surface area (Å²) in [7, 11) is 1.64. The highest BCUT2D eigenvalue weighted by Gasteiger charge is 2.13. The van der Waals surface area contributed by atoms with Crippen molar-refractivity contribution in [2.75, 3.05) is 20.3 Å². The molecule has 4 nitrogen and oxygen atoms in total. The Balaban J connectivity index is 3.38. The Labute approximate surface area is 72.9 Å². The van der Waals surface area contributed by atoms with Gasteiger partial charge in [-0.1, -0.05) is 6.92 Å². The highest BCUT2D eigenvalue weighted by atomic mass is 16.5. The normalized spacial score (nSPS) is 12.8. The van der Waals surface area contributed by atoms with Crippen molar-refractivity contribution in [2.24, 2.45) is 0 Å². The SMILES string of the molecule is CCCOCC[C@H](NC)C(=O)O. The molecule has 0 aliphatic heterocycles. The number of nitrogens with one attached hydrogen (secondary N) is 1. The van der Waals surface area contributed by atoms with Crippen molar-refractivity contribution >= 4 is 5.97 Å². The molecule has 0 aliphatic carbocycles. The van der Waals surface area contributed by atoms with Crippen LogP contribution in [0.25, 0.3) is 0 Å². The summed E-state index contributed by atoms with van der Waals surface area (Å²) in [5.74, 6) is -0.822. The maximum atomic E-state index is 10.5. The van der Waals surface area contributed by atoms with Crippen LogP contribution in [0, 0.1) is 0 Å². The number of hydrogen-bond acceptors (Lipinski definition) is 3. The van der Waals surface area contributed by atoms with Crippen molar-refractivity contribution in [3.05, 3.63) is 0 Å². The second-order valence-corrected chi connectivity index (χ2v) is 2.58. The second kappa shape index (κ2) is 7.06. The molecule has 0 unspecified atom stereocenters. The number of carbonyl (C=O) groups is 1. The third kappa shape index (κ3) is 5.09. The van der Waals surface area contributed by atoms with Crippen molar-refractivity contribution < 1.29 is 14.6 Å². The minimum atomic E-state index is -0.822. The van der Waals surface area contributed by atoms with Crippen molar-refractivity contribution in [3.8, 4) is 0 Å². The molecule has 0 spiro atoms. The Kier molecular flexibility index (Phi) is 6.70. The highest BCUT2D eigenvalue weighted by molar-refractivity contribution is 5.73. The molecule has 1 atom stereocenters. The number of likely N-dealkylation sites (N-methyl/N-ethyl adjacent to an activating group) is 1. The zero-order valence-corrected chi connectivity index (χ0v) is 7.67. The van der Waals surface area contributed by atoms with Crippen molar-refractivity contribution in [3.63, 3.8) is 0 Å². The van der Waals surface area contributed by atoms with Crippen LogP contribution < -0.4 is 5.32 Å². The fourth-order valence-electron chi connectivity index (χ4n) is 0.839. The quantitative estimate of drug-likeness (QED) is 0.552. The Morgan fingerprint density at radius 1 is 1.58 bits per heavy atom. The lowest BCUT2D eigenvalue weighted by atomic mass is 10.2. The molecule has 0 saturated carbocycles. The van der Waals surface area contributed by atoms with Crippen LogP contribution in [-0.2, 0) is 9.53 Å². The molecule has 0 heterocycles. The maximum Gasteiger partial charge on any atom is 0.320 e. The Morgan fingerprint density at radius 2 is 2.25 bits per heavy atom. The van der Waals surface area contributed by atoms with E-state index in [1.165, 1.54) is 0 Å². The molecule has 0 aromatic rings. The fourth-order valence-corrected chi connectivity index (χ4v) is 0.839. The molecule has 0 aromatic heterocycles. The lowest BCUT2D eigenvalue weighted by Crippen LogP contribution is -2.34. The molecule has 12 heavy (non-hydrogen) atoms. The Hall–Kier alpha value is -0.610. The van der Waals surface area contributed by atoms with Gasteiger partial charge in [0.15, 0.2) is 0 Å². The molecule has 2 N–H and O–H groups in total. The summed E-state index contributed by atoms with van der Waals surface area (Å²) in [5, 5.41) is 11.3. The fraction of sp³-hybridized carbons (Fsp3) is 0.875. The summed E-state index contributed by atoms with van der Waals surface area (Å²) in [6.07, 6.45) is 1.49. The molecular weight excluding hydrogens is 158 g/mol. The molecule has 0 fully saturated rings. The van der Waals surface area contributed by atoms with Crippen molar-refractivity contribution in [1.29, 1.82) is 0 Å². The van der Waals surface area contributed by atoms with Gasteiger partial charge in [-0.15, -0.1) is 0 Å².